The largest absolute Gasteiger partial charge is 0.488 e. The van der Waals surface area contributed by atoms with Crippen LogP contribution in [0.3, 0.4) is 0 Å². The highest BCUT2D eigenvalue weighted by molar-refractivity contribution is 7.17. The number of rotatable bonds is 11. The first-order valence-corrected chi connectivity index (χ1v) is 10.1. The predicted molar refractivity (Wildman–Crippen MR) is 114 cm³/mol. The van der Waals surface area contributed by atoms with Crippen LogP contribution in [-0.2, 0) is 16.1 Å². The van der Waals surface area contributed by atoms with E-state index in [2.05, 4.69) is 25.9 Å². The summed E-state index contributed by atoms with van der Waals surface area (Å²) in [6.45, 7) is 0.340. The first-order valence-electron chi connectivity index (χ1n) is 9.26. The first kappa shape index (κ1) is 23.3. The van der Waals surface area contributed by atoms with Gasteiger partial charge in [-0.05, 0) is 6.07 Å². The van der Waals surface area contributed by atoms with E-state index >= 15 is 0 Å². The SMILES string of the molecule is COCC(COC)Nc1cc(C(=O)Nc2nnc(-n3nccc3CO)s2)oc(=O)c1OC. The van der Waals surface area contributed by atoms with Crippen LogP contribution in [-0.4, -0.2) is 71.6 Å². The molecule has 1 amide bonds. The van der Waals surface area contributed by atoms with Crippen LogP contribution in [0.4, 0.5) is 10.8 Å². The summed E-state index contributed by atoms with van der Waals surface area (Å²) in [4.78, 5) is 25.0. The molecule has 0 saturated heterocycles. The molecule has 3 aromatic heterocycles. The molecule has 3 rings (SSSR count). The first-order chi connectivity index (χ1) is 15.5. The molecule has 0 radical (unpaired) electrons. The lowest BCUT2D eigenvalue weighted by molar-refractivity contribution is 0.0991. The molecule has 0 spiro atoms. The van der Waals surface area contributed by atoms with Crippen molar-refractivity contribution in [3.63, 3.8) is 0 Å². The summed E-state index contributed by atoms with van der Waals surface area (Å²) in [6, 6.07) is 2.66. The van der Waals surface area contributed by atoms with E-state index in [0.29, 0.717) is 10.8 Å². The number of nitrogens with one attached hydrogen (secondary N) is 2. The molecule has 0 fully saturated rings. The van der Waals surface area contributed by atoms with Crippen molar-refractivity contribution in [2.75, 3.05) is 45.2 Å². The summed E-state index contributed by atoms with van der Waals surface area (Å²) in [5.41, 5.74) is -0.0778. The fourth-order valence-corrected chi connectivity index (χ4v) is 3.51. The standard InChI is InChI=1S/C18H22N6O7S/c1-28-8-10(9-29-2)20-12-6-13(31-16(27)14(12)30-3)15(26)21-17-22-23-18(32-17)24-11(7-25)4-5-19-24/h4-6,10,20,25H,7-9H2,1-3H3,(H,21,22,26). The molecule has 0 unspecified atom stereocenters. The zero-order valence-electron chi connectivity index (χ0n) is 17.5. The Kier molecular flexibility index (Phi) is 7.88. The number of carbonyl (C=O) groups is 1. The van der Waals surface area contributed by atoms with E-state index in [1.165, 1.54) is 38.3 Å². The minimum absolute atomic E-state index is 0.0906. The minimum atomic E-state index is -0.835. The normalized spacial score (nSPS) is 11.0. The summed E-state index contributed by atoms with van der Waals surface area (Å²) < 4.78 is 21.9. The van der Waals surface area contributed by atoms with Crippen LogP contribution in [0.15, 0.2) is 27.5 Å². The molecule has 32 heavy (non-hydrogen) atoms. The average Bonchev–Trinajstić information content (AvgIpc) is 3.42. The third-order valence-electron chi connectivity index (χ3n) is 4.13. The van der Waals surface area contributed by atoms with Gasteiger partial charge >= 0.3 is 5.63 Å². The van der Waals surface area contributed by atoms with Crippen molar-refractivity contribution in [1.29, 1.82) is 0 Å². The minimum Gasteiger partial charge on any atom is -0.488 e. The van der Waals surface area contributed by atoms with E-state index in [0.717, 1.165) is 11.3 Å². The molecule has 0 bridgehead atoms. The van der Waals surface area contributed by atoms with Gasteiger partial charge in [-0.3, -0.25) is 10.1 Å². The number of hydrogen-bond donors (Lipinski definition) is 3. The van der Waals surface area contributed by atoms with Crippen molar-refractivity contribution >= 4 is 28.1 Å². The van der Waals surface area contributed by atoms with Crippen LogP contribution in [0.5, 0.6) is 5.75 Å². The number of amides is 1. The molecule has 0 aliphatic rings. The lowest BCUT2D eigenvalue weighted by Gasteiger charge is -2.19. The Morgan fingerprint density at radius 3 is 2.69 bits per heavy atom. The van der Waals surface area contributed by atoms with Gasteiger partial charge in [-0.1, -0.05) is 11.3 Å². The Morgan fingerprint density at radius 1 is 1.28 bits per heavy atom. The zero-order valence-corrected chi connectivity index (χ0v) is 18.3. The van der Waals surface area contributed by atoms with Gasteiger partial charge in [-0.15, -0.1) is 10.2 Å². The number of methoxy groups -OCH3 is 3. The van der Waals surface area contributed by atoms with Gasteiger partial charge in [-0.2, -0.15) is 5.10 Å². The number of aliphatic hydroxyl groups is 1. The Labute approximate surface area is 185 Å². The average molecular weight is 466 g/mol. The Morgan fingerprint density at radius 2 is 2.03 bits per heavy atom. The van der Waals surface area contributed by atoms with Crippen molar-refractivity contribution in [1.82, 2.24) is 20.0 Å². The highest BCUT2D eigenvalue weighted by Crippen LogP contribution is 2.24. The molecule has 172 valence electrons. The molecule has 0 aliphatic heterocycles. The molecule has 0 atom stereocenters. The quantitative estimate of drug-likeness (QED) is 0.361. The number of ether oxygens (including phenoxy) is 3. The molecule has 13 nitrogen and oxygen atoms in total. The van der Waals surface area contributed by atoms with Gasteiger partial charge in [-0.25, -0.2) is 9.48 Å². The summed E-state index contributed by atoms with van der Waals surface area (Å²) in [5, 5.41) is 27.3. The predicted octanol–water partition coefficient (Wildman–Crippen LogP) is 0.504. The van der Waals surface area contributed by atoms with Crippen molar-refractivity contribution in [3.05, 3.63) is 40.2 Å². The van der Waals surface area contributed by atoms with Crippen molar-refractivity contribution in [2.24, 2.45) is 0 Å². The van der Waals surface area contributed by atoms with E-state index in [1.54, 1.807) is 6.07 Å². The number of nitrogens with zero attached hydrogens (tertiary/aromatic N) is 4. The zero-order chi connectivity index (χ0) is 23.1. The second kappa shape index (κ2) is 10.8. The number of aromatic nitrogens is 4. The van der Waals surface area contributed by atoms with Crippen molar-refractivity contribution in [2.45, 2.75) is 12.6 Å². The van der Waals surface area contributed by atoms with Gasteiger partial charge < -0.3 is 29.1 Å². The highest BCUT2D eigenvalue weighted by Gasteiger charge is 2.21. The third kappa shape index (κ3) is 5.28. The van der Waals surface area contributed by atoms with Crippen LogP contribution in [0.2, 0.25) is 0 Å². The topological polar surface area (TPSA) is 163 Å². The Bertz CT molecular complexity index is 1110. The summed E-state index contributed by atoms with van der Waals surface area (Å²) in [7, 11) is 4.38. The second-order valence-electron chi connectivity index (χ2n) is 6.33. The van der Waals surface area contributed by atoms with E-state index in [-0.39, 0.29) is 48.2 Å². The van der Waals surface area contributed by atoms with Crippen LogP contribution in [0.25, 0.3) is 5.13 Å². The van der Waals surface area contributed by atoms with E-state index in [9.17, 15) is 14.7 Å². The summed E-state index contributed by atoms with van der Waals surface area (Å²) in [5.74, 6) is -1.07. The summed E-state index contributed by atoms with van der Waals surface area (Å²) in [6.07, 6.45) is 1.51. The van der Waals surface area contributed by atoms with Gasteiger partial charge in [0.05, 0.1) is 44.4 Å². The molecular weight excluding hydrogens is 444 g/mol. The Hall–Kier alpha value is -3.33. The van der Waals surface area contributed by atoms with Gasteiger partial charge in [0.15, 0.2) is 5.76 Å². The van der Waals surface area contributed by atoms with Gasteiger partial charge in [0.1, 0.15) is 0 Å². The van der Waals surface area contributed by atoms with E-state index in [4.69, 9.17) is 18.6 Å². The van der Waals surface area contributed by atoms with Crippen LogP contribution >= 0.6 is 11.3 Å². The van der Waals surface area contributed by atoms with Gasteiger partial charge in [0.25, 0.3) is 5.91 Å². The maximum absolute atomic E-state index is 12.7. The molecule has 3 heterocycles. The van der Waals surface area contributed by atoms with Gasteiger partial charge in [0, 0.05) is 26.5 Å². The highest BCUT2D eigenvalue weighted by atomic mass is 32.1. The maximum atomic E-state index is 12.7. The third-order valence-corrected chi connectivity index (χ3v) is 4.94. The summed E-state index contributed by atoms with van der Waals surface area (Å²) >= 11 is 1.03. The van der Waals surface area contributed by atoms with Crippen LogP contribution in [0, 0.1) is 0 Å². The molecular formula is C18H22N6O7S. The molecule has 0 aliphatic carbocycles. The van der Waals surface area contributed by atoms with Crippen molar-refractivity contribution < 1.29 is 28.5 Å². The number of carbonyl (C=O) groups excluding carboxylic acids is 1. The maximum Gasteiger partial charge on any atom is 0.381 e. The number of anilines is 2. The number of hydrogen-bond acceptors (Lipinski definition) is 12. The monoisotopic (exact) mass is 466 g/mol. The van der Waals surface area contributed by atoms with Crippen LogP contribution < -0.4 is 21.0 Å². The fourth-order valence-electron chi connectivity index (χ4n) is 2.78. The van der Waals surface area contributed by atoms with E-state index in [1.807, 2.05) is 0 Å². The fraction of sp³-hybridized carbons (Fsp3) is 0.389. The molecule has 3 aromatic rings. The molecule has 0 saturated carbocycles. The molecule has 0 aromatic carbocycles. The smallest absolute Gasteiger partial charge is 0.381 e. The van der Waals surface area contributed by atoms with Crippen molar-refractivity contribution in [3.8, 4) is 10.9 Å². The van der Waals surface area contributed by atoms with Crippen LogP contribution in [0.1, 0.15) is 16.2 Å². The second-order valence-corrected chi connectivity index (χ2v) is 7.29. The molecule has 3 N–H and O–H groups in total. The lowest BCUT2D eigenvalue weighted by Crippen LogP contribution is -2.30. The number of aliphatic hydroxyl groups excluding tert-OH is 1. The lowest BCUT2D eigenvalue weighted by atomic mass is 10.2. The Balaban J connectivity index is 1.82. The molecule has 14 heteroatoms. The van der Waals surface area contributed by atoms with E-state index < -0.39 is 11.5 Å². The van der Waals surface area contributed by atoms with Gasteiger partial charge in [0.2, 0.25) is 16.0 Å².